The summed E-state index contributed by atoms with van der Waals surface area (Å²) in [6.45, 7) is 4.05. The third-order valence-electron chi connectivity index (χ3n) is 5.09. The Balaban J connectivity index is 1.29. The van der Waals surface area contributed by atoms with Crippen molar-refractivity contribution in [3.05, 3.63) is 0 Å². The normalized spacial score (nSPS) is 29.7. The smallest absolute Gasteiger partial charge is 0.317 e. The Hall–Kier alpha value is -0.460. The molecule has 2 atom stereocenters. The third-order valence-corrected chi connectivity index (χ3v) is 6.32. The molecule has 3 rings (SSSR count). The van der Waals surface area contributed by atoms with Crippen LogP contribution in [0.4, 0.5) is 4.79 Å². The second-order valence-corrected chi connectivity index (χ2v) is 8.07. The van der Waals surface area contributed by atoms with Crippen molar-refractivity contribution in [1.29, 1.82) is 0 Å². The fourth-order valence-corrected chi connectivity index (χ4v) is 4.78. The lowest BCUT2D eigenvalue weighted by molar-refractivity contribution is -0.0728. The van der Waals surface area contributed by atoms with Crippen LogP contribution in [0.2, 0.25) is 0 Å². The van der Waals surface area contributed by atoms with E-state index in [2.05, 4.69) is 5.32 Å². The summed E-state index contributed by atoms with van der Waals surface area (Å²) in [5, 5.41) is 3.11. The van der Waals surface area contributed by atoms with E-state index in [9.17, 15) is 4.79 Å². The number of amides is 2. The number of hydrogen-bond acceptors (Lipinski definition) is 4. The Bertz CT molecular complexity index is 363. The topological polar surface area (TPSA) is 50.8 Å². The van der Waals surface area contributed by atoms with Crippen LogP contribution in [0.3, 0.4) is 0 Å². The van der Waals surface area contributed by atoms with E-state index in [1.54, 1.807) is 0 Å². The SMILES string of the molecule is O=C(NC[C@@H]1CCSC1)N1CCC(OC[C@H]2CCCCO2)CC1. The zero-order valence-corrected chi connectivity index (χ0v) is 14.8. The van der Waals surface area contributed by atoms with Gasteiger partial charge < -0.3 is 19.7 Å². The molecule has 3 fully saturated rings. The van der Waals surface area contributed by atoms with E-state index in [4.69, 9.17) is 9.47 Å². The van der Waals surface area contributed by atoms with Crippen molar-refractivity contribution in [3.63, 3.8) is 0 Å². The Morgan fingerprint density at radius 2 is 2.09 bits per heavy atom. The summed E-state index contributed by atoms with van der Waals surface area (Å²) in [4.78, 5) is 14.2. The summed E-state index contributed by atoms with van der Waals surface area (Å²) in [6, 6.07) is 0.107. The standard InChI is InChI=1S/C17H30N2O3S/c20-17(18-11-14-6-10-23-13-14)19-7-4-15(5-8-19)22-12-16-3-1-2-9-21-16/h14-16H,1-13H2,(H,18,20)/t14-,16+/m0/s1. The lowest BCUT2D eigenvalue weighted by Gasteiger charge is -2.33. The number of carbonyl (C=O) groups is 1. The molecule has 3 aliphatic rings. The minimum atomic E-state index is 0.107. The molecule has 1 N–H and O–H groups in total. The van der Waals surface area contributed by atoms with Crippen molar-refractivity contribution < 1.29 is 14.3 Å². The zero-order valence-electron chi connectivity index (χ0n) is 14.0. The van der Waals surface area contributed by atoms with E-state index < -0.39 is 0 Å². The van der Waals surface area contributed by atoms with Crippen molar-refractivity contribution in [3.8, 4) is 0 Å². The van der Waals surface area contributed by atoms with Crippen LogP contribution in [0.15, 0.2) is 0 Å². The number of hydrogen-bond donors (Lipinski definition) is 1. The fraction of sp³-hybridized carbons (Fsp3) is 0.941. The summed E-state index contributed by atoms with van der Waals surface area (Å²) in [6.07, 6.45) is 7.27. The van der Waals surface area contributed by atoms with Gasteiger partial charge in [-0.2, -0.15) is 11.8 Å². The van der Waals surface area contributed by atoms with Gasteiger partial charge in [-0.25, -0.2) is 4.79 Å². The molecule has 0 radical (unpaired) electrons. The predicted octanol–water partition coefficient (Wildman–Crippen LogP) is 2.50. The number of ether oxygens (including phenoxy) is 2. The maximum atomic E-state index is 12.2. The van der Waals surface area contributed by atoms with Gasteiger partial charge >= 0.3 is 6.03 Å². The molecule has 0 unspecified atom stereocenters. The minimum Gasteiger partial charge on any atom is -0.376 e. The van der Waals surface area contributed by atoms with E-state index in [0.29, 0.717) is 5.92 Å². The monoisotopic (exact) mass is 342 g/mol. The molecule has 0 aromatic heterocycles. The summed E-state index contributed by atoms with van der Waals surface area (Å²) in [7, 11) is 0. The first-order valence-corrected chi connectivity index (χ1v) is 10.3. The van der Waals surface area contributed by atoms with Gasteiger partial charge in [0, 0.05) is 26.2 Å². The Labute approximate surface area is 143 Å². The number of nitrogens with one attached hydrogen (secondary N) is 1. The molecule has 0 saturated carbocycles. The van der Waals surface area contributed by atoms with Gasteiger partial charge in [-0.3, -0.25) is 0 Å². The van der Waals surface area contributed by atoms with Crippen molar-refractivity contribution >= 4 is 17.8 Å². The highest BCUT2D eigenvalue weighted by Gasteiger charge is 2.25. The maximum Gasteiger partial charge on any atom is 0.317 e. The first kappa shape index (κ1) is 17.4. The number of nitrogens with zero attached hydrogens (tertiary/aromatic N) is 1. The highest BCUT2D eigenvalue weighted by atomic mass is 32.2. The molecule has 0 aromatic carbocycles. The van der Waals surface area contributed by atoms with Gasteiger partial charge in [0.2, 0.25) is 0 Å². The molecule has 0 bridgehead atoms. The molecule has 3 heterocycles. The fourth-order valence-electron chi connectivity index (χ4n) is 3.50. The van der Waals surface area contributed by atoms with E-state index >= 15 is 0 Å². The van der Waals surface area contributed by atoms with Crippen LogP contribution in [0, 0.1) is 5.92 Å². The molecule has 23 heavy (non-hydrogen) atoms. The molecule has 2 amide bonds. The molecular formula is C17H30N2O3S. The molecule has 5 nitrogen and oxygen atoms in total. The summed E-state index contributed by atoms with van der Waals surface area (Å²) in [5.74, 6) is 3.10. The van der Waals surface area contributed by atoms with E-state index in [0.717, 1.165) is 52.1 Å². The van der Waals surface area contributed by atoms with E-state index in [1.807, 2.05) is 16.7 Å². The second-order valence-electron chi connectivity index (χ2n) is 6.92. The predicted molar refractivity (Wildman–Crippen MR) is 93.0 cm³/mol. The zero-order chi connectivity index (χ0) is 15.9. The van der Waals surface area contributed by atoms with Crippen molar-refractivity contribution in [1.82, 2.24) is 10.2 Å². The highest BCUT2D eigenvalue weighted by Crippen LogP contribution is 2.23. The summed E-state index contributed by atoms with van der Waals surface area (Å²) >= 11 is 2.00. The van der Waals surface area contributed by atoms with Crippen LogP contribution in [0.5, 0.6) is 0 Å². The average Bonchev–Trinajstić information content (AvgIpc) is 3.13. The van der Waals surface area contributed by atoms with E-state index in [-0.39, 0.29) is 18.2 Å². The number of carbonyl (C=O) groups excluding carboxylic acids is 1. The van der Waals surface area contributed by atoms with Crippen LogP contribution in [0.25, 0.3) is 0 Å². The molecule has 0 spiro atoms. The molecule has 0 aromatic rings. The third kappa shape index (κ3) is 5.54. The van der Waals surface area contributed by atoms with Gasteiger partial charge in [0.1, 0.15) is 0 Å². The first-order chi connectivity index (χ1) is 11.3. The number of thioether (sulfide) groups is 1. The van der Waals surface area contributed by atoms with Crippen molar-refractivity contribution in [2.75, 3.05) is 44.4 Å². The lowest BCUT2D eigenvalue weighted by Crippen LogP contribution is -2.47. The second kappa shape index (κ2) is 9.14. The molecule has 0 aliphatic carbocycles. The van der Waals surface area contributed by atoms with Gasteiger partial charge in [-0.15, -0.1) is 0 Å². The van der Waals surface area contributed by atoms with E-state index in [1.165, 1.54) is 30.8 Å². The van der Waals surface area contributed by atoms with Gasteiger partial charge in [-0.1, -0.05) is 0 Å². The Morgan fingerprint density at radius 1 is 1.22 bits per heavy atom. The Morgan fingerprint density at radius 3 is 2.78 bits per heavy atom. The first-order valence-electron chi connectivity index (χ1n) is 9.15. The Kier molecular flexibility index (Phi) is 6.90. The number of likely N-dealkylation sites (tertiary alicyclic amines) is 1. The molecule has 132 valence electrons. The highest BCUT2D eigenvalue weighted by molar-refractivity contribution is 7.99. The van der Waals surface area contributed by atoms with Crippen LogP contribution in [-0.2, 0) is 9.47 Å². The van der Waals surface area contributed by atoms with Gasteiger partial charge in [-0.05, 0) is 55.9 Å². The quantitative estimate of drug-likeness (QED) is 0.834. The summed E-state index contributed by atoms with van der Waals surface area (Å²) < 4.78 is 11.7. The molecule has 6 heteroatoms. The largest absolute Gasteiger partial charge is 0.376 e. The average molecular weight is 343 g/mol. The summed E-state index contributed by atoms with van der Waals surface area (Å²) in [5.41, 5.74) is 0. The number of rotatable bonds is 5. The van der Waals surface area contributed by atoms with Gasteiger partial charge in [0.25, 0.3) is 0 Å². The van der Waals surface area contributed by atoms with Crippen molar-refractivity contribution in [2.45, 2.75) is 50.7 Å². The van der Waals surface area contributed by atoms with Crippen LogP contribution in [-0.4, -0.2) is 67.5 Å². The maximum absolute atomic E-state index is 12.2. The molecule has 3 aliphatic heterocycles. The lowest BCUT2D eigenvalue weighted by atomic mass is 10.1. The molecule has 3 saturated heterocycles. The van der Waals surface area contributed by atoms with Crippen molar-refractivity contribution in [2.24, 2.45) is 5.92 Å². The minimum absolute atomic E-state index is 0.107. The van der Waals surface area contributed by atoms with Crippen LogP contribution >= 0.6 is 11.8 Å². The number of urea groups is 1. The number of piperidine rings is 1. The van der Waals surface area contributed by atoms with Gasteiger partial charge in [0.15, 0.2) is 0 Å². The van der Waals surface area contributed by atoms with Gasteiger partial charge in [0.05, 0.1) is 18.8 Å². The molecular weight excluding hydrogens is 312 g/mol. The van der Waals surface area contributed by atoms with Crippen LogP contribution < -0.4 is 5.32 Å². The van der Waals surface area contributed by atoms with Crippen LogP contribution in [0.1, 0.15) is 38.5 Å².